The van der Waals surface area contributed by atoms with E-state index in [0.29, 0.717) is 18.3 Å². The third-order valence-corrected chi connectivity index (χ3v) is 3.53. The smallest absolute Gasteiger partial charge is 0.321 e. The average Bonchev–Trinajstić information content (AvgIpc) is 2.85. The summed E-state index contributed by atoms with van der Waals surface area (Å²) in [5.41, 5.74) is -0.160. The summed E-state index contributed by atoms with van der Waals surface area (Å²) in [5, 5.41) is 13.2. The van der Waals surface area contributed by atoms with Crippen molar-refractivity contribution in [1.82, 2.24) is 15.0 Å². The van der Waals surface area contributed by atoms with E-state index in [9.17, 15) is 9.90 Å². The predicted octanol–water partition coefficient (Wildman–Crippen LogP) is 1.66. The van der Waals surface area contributed by atoms with Gasteiger partial charge >= 0.3 is 5.97 Å². The normalized spacial score (nSPS) is 24.8. The number of carboxylic acids is 1. The van der Waals surface area contributed by atoms with Crippen molar-refractivity contribution in [3.05, 3.63) is 11.7 Å². The number of hydrogen-bond acceptors (Lipinski definition) is 5. The molecule has 2 atom stereocenters. The molecule has 0 spiro atoms. The Balaban J connectivity index is 2.09. The highest BCUT2D eigenvalue weighted by atomic mass is 16.5. The minimum atomic E-state index is -0.777. The van der Waals surface area contributed by atoms with Gasteiger partial charge in [0.05, 0.1) is 6.54 Å². The summed E-state index contributed by atoms with van der Waals surface area (Å²) >= 11 is 0. The molecule has 1 N–H and O–H groups in total. The Morgan fingerprint density at radius 1 is 1.53 bits per heavy atom. The van der Waals surface area contributed by atoms with E-state index in [0.717, 1.165) is 13.0 Å². The Labute approximate surface area is 112 Å². The maximum atomic E-state index is 11.3. The zero-order valence-corrected chi connectivity index (χ0v) is 11.9. The fourth-order valence-corrected chi connectivity index (χ4v) is 2.40. The van der Waals surface area contributed by atoms with Crippen LogP contribution in [0.4, 0.5) is 0 Å². The maximum Gasteiger partial charge on any atom is 0.321 e. The van der Waals surface area contributed by atoms with Crippen LogP contribution in [-0.4, -0.2) is 38.7 Å². The molecule has 6 heteroatoms. The van der Waals surface area contributed by atoms with E-state index in [1.54, 1.807) is 0 Å². The van der Waals surface area contributed by atoms with Crippen molar-refractivity contribution in [2.24, 2.45) is 5.92 Å². The molecule has 106 valence electrons. The lowest BCUT2D eigenvalue weighted by molar-refractivity contribution is -0.143. The van der Waals surface area contributed by atoms with Gasteiger partial charge in [-0.2, -0.15) is 4.98 Å². The fourth-order valence-electron chi connectivity index (χ4n) is 2.40. The second-order valence-corrected chi connectivity index (χ2v) is 6.28. The molecule has 0 amide bonds. The van der Waals surface area contributed by atoms with Crippen LogP contribution >= 0.6 is 0 Å². The van der Waals surface area contributed by atoms with E-state index in [4.69, 9.17) is 4.52 Å². The first-order valence-electron chi connectivity index (χ1n) is 6.59. The number of likely N-dealkylation sites (tertiary alicyclic amines) is 1. The first kappa shape index (κ1) is 14.0. The van der Waals surface area contributed by atoms with Crippen LogP contribution < -0.4 is 0 Å². The van der Waals surface area contributed by atoms with Crippen LogP contribution in [0.1, 0.15) is 45.8 Å². The fraction of sp³-hybridized carbons (Fsp3) is 0.769. The summed E-state index contributed by atoms with van der Waals surface area (Å²) in [5.74, 6) is 0.523. The maximum absolute atomic E-state index is 11.3. The van der Waals surface area contributed by atoms with E-state index in [1.807, 2.05) is 32.6 Å². The molecule has 1 aliphatic rings. The molecule has 0 bridgehead atoms. The zero-order valence-electron chi connectivity index (χ0n) is 11.9. The van der Waals surface area contributed by atoms with Gasteiger partial charge in [-0.25, -0.2) is 0 Å². The molecule has 2 rings (SSSR count). The zero-order chi connectivity index (χ0) is 14.2. The van der Waals surface area contributed by atoms with Gasteiger partial charge in [0.1, 0.15) is 6.04 Å². The molecule has 6 nitrogen and oxygen atoms in total. The van der Waals surface area contributed by atoms with Crippen molar-refractivity contribution >= 4 is 5.97 Å². The minimum Gasteiger partial charge on any atom is -0.480 e. The van der Waals surface area contributed by atoms with Crippen LogP contribution in [0.5, 0.6) is 0 Å². The third-order valence-electron chi connectivity index (χ3n) is 3.53. The first-order valence-corrected chi connectivity index (χ1v) is 6.59. The van der Waals surface area contributed by atoms with Gasteiger partial charge in [0.2, 0.25) is 5.89 Å². The first-order chi connectivity index (χ1) is 8.79. The molecule has 0 radical (unpaired) electrons. The number of aliphatic carboxylic acids is 1. The highest BCUT2D eigenvalue weighted by Crippen LogP contribution is 2.26. The van der Waals surface area contributed by atoms with Crippen molar-refractivity contribution < 1.29 is 14.4 Å². The topological polar surface area (TPSA) is 79.5 Å². The standard InChI is InChI=1S/C13H21N3O3/c1-8-5-6-16(10(8)11(17)18)7-9-14-12(15-19-9)13(2,3)4/h8,10H,5-7H2,1-4H3,(H,17,18). The van der Waals surface area contributed by atoms with E-state index in [-0.39, 0.29) is 11.3 Å². The summed E-state index contributed by atoms with van der Waals surface area (Å²) in [4.78, 5) is 17.5. The second-order valence-electron chi connectivity index (χ2n) is 6.28. The van der Waals surface area contributed by atoms with Crippen LogP contribution in [-0.2, 0) is 16.8 Å². The number of carboxylic acid groups (broad SMARTS) is 1. The van der Waals surface area contributed by atoms with Gasteiger partial charge in [-0.1, -0.05) is 32.9 Å². The third kappa shape index (κ3) is 2.94. The number of carbonyl (C=O) groups is 1. The van der Waals surface area contributed by atoms with Gasteiger partial charge < -0.3 is 9.63 Å². The van der Waals surface area contributed by atoms with Gasteiger partial charge in [0.25, 0.3) is 0 Å². The van der Waals surface area contributed by atoms with Gasteiger partial charge in [-0.05, 0) is 18.9 Å². The van der Waals surface area contributed by atoms with E-state index < -0.39 is 12.0 Å². The van der Waals surface area contributed by atoms with Gasteiger partial charge in [-0.15, -0.1) is 0 Å². The Morgan fingerprint density at radius 2 is 2.21 bits per heavy atom. The number of rotatable bonds is 3. The van der Waals surface area contributed by atoms with Crippen LogP contribution in [0, 0.1) is 5.92 Å². The van der Waals surface area contributed by atoms with Gasteiger partial charge in [0, 0.05) is 5.41 Å². The lowest BCUT2D eigenvalue weighted by atomic mass is 9.96. The monoisotopic (exact) mass is 267 g/mol. The molecule has 1 aromatic heterocycles. The molecular weight excluding hydrogens is 246 g/mol. The molecule has 1 saturated heterocycles. The van der Waals surface area contributed by atoms with Crippen molar-refractivity contribution in [1.29, 1.82) is 0 Å². The lowest BCUT2D eigenvalue weighted by Crippen LogP contribution is -2.38. The Kier molecular flexibility index (Phi) is 3.62. The molecule has 1 aromatic rings. The second kappa shape index (κ2) is 4.92. The van der Waals surface area contributed by atoms with E-state index in [1.165, 1.54) is 0 Å². The molecule has 0 aliphatic carbocycles. The SMILES string of the molecule is CC1CCN(Cc2nc(C(C)(C)C)no2)C1C(=O)O. The largest absolute Gasteiger partial charge is 0.480 e. The number of nitrogens with zero attached hydrogens (tertiary/aromatic N) is 3. The summed E-state index contributed by atoms with van der Waals surface area (Å²) in [6.45, 7) is 9.17. The summed E-state index contributed by atoms with van der Waals surface area (Å²) < 4.78 is 5.22. The Morgan fingerprint density at radius 3 is 2.74 bits per heavy atom. The van der Waals surface area contributed by atoms with Crippen molar-refractivity contribution in [2.75, 3.05) is 6.54 Å². The summed E-state index contributed by atoms with van der Waals surface area (Å²) in [6, 6.07) is -0.454. The molecule has 0 aromatic carbocycles. The highest BCUT2D eigenvalue weighted by Gasteiger charge is 2.37. The minimum absolute atomic E-state index is 0.155. The van der Waals surface area contributed by atoms with Gasteiger partial charge in [0.15, 0.2) is 5.82 Å². The molecule has 1 fully saturated rings. The molecular formula is C13H21N3O3. The van der Waals surface area contributed by atoms with Crippen LogP contribution in [0.2, 0.25) is 0 Å². The molecule has 19 heavy (non-hydrogen) atoms. The van der Waals surface area contributed by atoms with E-state index >= 15 is 0 Å². The van der Waals surface area contributed by atoms with Crippen LogP contribution in [0.3, 0.4) is 0 Å². The lowest BCUT2D eigenvalue weighted by Gasteiger charge is -2.21. The average molecular weight is 267 g/mol. The summed E-state index contributed by atoms with van der Waals surface area (Å²) in [7, 11) is 0. The van der Waals surface area contributed by atoms with Crippen molar-refractivity contribution in [3.8, 4) is 0 Å². The van der Waals surface area contributed by atoms with Gasteiger partial charge in [-0.3, -0.25) is 9.69 Å². The van der Waals surface area contributed by atoms with Crippen LogP contribution in [0.15, 0.2) is 4.52 Å². The predicted molar refractivity (Wildman–Crippen MR) is 68.6 cm³/mol. The Bertz CT molecular complexity index is 464. The van der Waals surface area contributed by atoms with E-state index in [2.05, 4.69) is 10.1 Å². The van der Waals surface area contributed by atoms with Crippen molar-refractivity contribution in [3.63, 3.8) is 0 Å². The molecule has 1 aliphatic heterocycles. The highest BCUT2D eigenvalue weighted by molar-refractivity contribution is 5.74. The number of aromatic nitrogens is 2. The van der Waals surface area contributed by atoms with Crippen molar-refractivity contribution in [2.45, 2.75) is 52.1 Å². The summed E-state index contributed by atoms with van der Waals surface area (Å²) in [6.07, 6.45) is 0.886. The quantitative estimate of drug-likeness (QED) is 0.897. The van der Waals surface area contributed by atoms with Crippen LogP contribution in [0.25, 0.3) is 0 Å². The molecule has 2 unspecified atom stereocenters. The molecule has 2 heterocycles. The Hall–Kier alpha value is -1.43. The number of hydrogen-bond donors (Lipinski definition) is 1. The molecule has 0 saturated carbocycles.